The van der Waals surface area contributed by atoms with E-state index in [4.69, 9.17) is 13.9 Å². The summed E-state index contributed by atoms with van der Waals surface area (Å²) in [5, 5.41) is 9.79. The normalized spacial score (nSPS) is 38.0. The summed E-state index contributed by atoms with van der Waals surface area (Å²) in [6.07, 6.45) is 4.19. The van der Waals surface area contributed by atoms with Crippen molar-refractivity contribution in [2.24, 2.45) is 0 Å². The van der Waals surface area contributed by atoms with E-state index in [9.17, 15) is 5.11 Å². The second kappa shape index (κ2) is 5.59. The molecule has 5 heteroatoms. The molecule has 2 rings (SSSR count). The molecule has 0 aromatic heterocycles. The highest BCUT2D eigenvalue weighted by Crippen LogP contribution is 2.37. The van der Waals surface area contributed by atoms with E-state index in [0.717, 1.165) is 25.7 Å². The highest BCUT2D eigenvalue weighted by Gasteiger charge is 2.42. The van der Waals surface area contributed by atoms with Crippen LogP contribution in [0.4, 0.5) is 0 Å². The molecular weight excluding hydrogens is 248 g/mol. The molecule has 2 heterocycles. The minimum atomic E-state index is -1.49. The second-order valence-corrected chi connectivity index (χ2v) is 11.0. The molecule has 106 valence electrons. The topological polar surface area (TPSA) is 47.9 Å². The zero-order chi connectivity index (χ0) is 13.2. The number of rotatable bonds is 3. The van der Waals surface area contributed by atoms with Crippen LogP contribution in [-0.2, 0) is 13.9 Å². The first kappa shape index (κ1) is 14.5. The third-order valence-electron chi connectivity index (χ3n) is 3.53. The molecule has 1 N–H and O–H groups in total. The van der Waals surface area contributed by atoms with Crippen molar-refractivity contribution in [3.05, 3.63) is 0 Å². The van der Waals surface area contributed by atoms with Crippen LogP contribution in [0.2, 0.25) is 19.6 Å². The van der Waals surface area contributed by atoms with Gasteiger partial charge in [-0.15, -0.1) is 0 Å². The highest BCUT2D eigenvalue weighted by molar-refractivity contribution is 6.69. The first-order valence-corrected chi connectivity index (χ1v) is 10.4. The molecule has 0 aliphatic carbocycles. The van der Waals surface area contributed by atoms with Crippen molar-refractivity contribution in [2.75, 3.05) is 13.2 Å². The Morgan fingerprint density at radius 1 is 1.33 bits per heavy atom. The summed E-state index contributed by atoms with van der Waals surface area (Å²) in [4.78, 5) is 0. The molecule has 2 aliphatic heterocycles. The lowest BCUT2D eigenvalue weighted by molar-refractivity contribution is -0.309. The zero-order valence-corrected chi connectivity index (χ0v) is 12.8. The van der Waals surface area contributed by atoms with Gasteiger partial charge in [-0.3, -0.25) is 0 Å². The average Bonchev–Trinajstić information content (AvgIpc) is 2.25. The third kappa shape index (κ3) is 4.03. The van der Waals surface area contributed by atoms with Crippen LogP contribution in [0, 0.1) is 0 Å². The van der Waals surface area contributed by atoms with Crippen molar-refractivity contribution >= 4 is 8.32 Å². The fraction of sp³-hybridized carbons (Fsp3) is 1.00. The van der Waals surface area contributed by atoms with Gasteiger partial charge in [0.1, 0.15) is 0 Å². The van der Waals surface area contributed by atoms with Crippen molar-refractivity contribution < 1.29 is 19.0 Å². The Balaban J connectivity index is 1.87. The maximum Gasteiger partial charge on any atom is 0.183 e. The minimum absolute atomic E-state index is 0.121. The van der Waals surface area contributed by atoms with Gasteiger partial charge in [0, 0.05) is 12.8 Å². The van der Waals surface area contributed by atoms with Gasteiger partial charge >= 0.3 is 0 Å². The molecule has 4 nitrogen and oxygen atoms in total. The van der Waals surface area contributed by atoms with Crippen LogP contribution in [0.5, 0.6) is 0 Å². The van der Waals surface area contributed by atoms with Crippen LogP contribution in [-0.4, -0.2) is 44.6 Å². The van der Waals surface area contributed by atoms with Crippen molar-refractivity contribution in [1.29, 1.82) is 0 Å². The lowest BCUT2D eigenvalue weighted by Crippen LogP contribution is -2.50. The number of aliphatic hydroxyl groups is 1. The van der Waals surface area contributed by atoms with Crippen molar-refractivity contribution in [2.45, 2.75) is 69.7 Å². The minimum Gasteiger partial charge on any atom is -0.415 e. The van der Waals surface area contributed by atoms with Crippen molar-refractivity contribution in [1.82, 2.24) is 0 Å². The first-order chi connectivity index (χ1) is 8.39. The Bertz CT molecular complexity index is 275. The predicted molar refractivity (Wildman–Crippen MR) is 71.9 cm³/mol. The van der Waals surface area contributed by atoms with Crippen molar-refractivity contribution in [3.8, 4) is 0 Å². The molecule has 0 aromatic carbocycles. The fourth-order valence-electron chi connectivity index (χ4n) is 2.64. The Morgan fingerprint density at radius 3 is 2.78 bits per heavy atom. The average molecular weight is 274 g/mol. The van der Waals surface area contributed by atoms with Crippen molar-refractivity contribution in [3.63, 3.8) is 0 Å². The lowest BCUT2D eigenvalue weighted by Gasteiger charge is -2.44. The molecule has 0 bridgehead atoms. The standard InChI is InChI=1S/C13H26O4Si/c1-18(2,3)16-10-12-5-4-7-13(17-12)9-11(14)6-8-15-13/h11-12,14H,4-10H2,1-3H3/t11-,12+,13-/m0/s1. The van der Waals surface area contributed by atoms with Gasteiger partial charge in [-0.2, -0.15) is 0 Å². The van der Waals surface area contributed by atoms with E-state index in [1.54, 1.807) is 0 Å². The van der Waals surface area contributed by atoms with Gasteiger partial charge in [-0.25, -0.2) is 0 Å². The SMILES string of the molecule is C[Si](C)(C)OC[C@H]1CCC[C@@]2(C[C@@H](O)CCO2)O1. The molecule has 2 aliphatic rings. The van der Waals surface area contributed by atoms with Crippen LogP contribution >= 0.6 is 0 Å². The predicted octanol–water partition coefficient (Wildman–Crippen LogP) is 2.27. The quantitative estimate of drug-likeness (QED) is 0.802. The monoisotopic (exact) mass is 274 g/mol. The molecule has 0 radical (unpaired) electrons. The smallest absolute Gasteiger partial charge is 0.183 e. The van der Waals surface area contributed by atoms with Crippen LogP contribution in [0.15, 0.2) is 0 Å². The Hall–Kier alpha value is 0.0569. The summed E-state index contributed by atoms with van der Waals surface area (Å²) in [5.74, 6) is -0.538. The van der Waals surface area contributed by atoms with E-state index in [-0.39, 0.29) is 12.2 Å². The summed E-state index contributed by atoms with van der Waals surface area (Å²) in [5.41, 5.74) is 0. The number of hydrogen-bond acceptors (Lipinski definition) is 4. The Morgan fingerprint density at radius 2 is 2.11 bits per heavy atom. The summed E-state index contributed by atoms with van der Waals surface area (Å²) < 4.78 is 17.8. The summed E-state index contributed by atoms with van der Waals surface area (Å²) in [6.45, 7) is 7.82. The van der Waals surface area contributed by atoms with E-state index in [2.05, 4.69) is 19.6 Å². The van der Waals surface area contributed by atoms with E-state index in [1.807, 2.05) is 0 Å². The zero-order valence-electron chi connectivity index (χ0n) is 11.8. The van der Waals surface area contributed by atoms with Crippen LogP contribution < -0.4 is 0 Å². The molecule has 2 fully saturated rings. The van der Waals surface area contributed by atoms with Gasteiger partial charge < -0.3 is 19.0 Å². The number of aliphatic hydroxyl groups excluding tert-OH is 1. The van der Waals surface area contributed by atoms with E-state index in [0.29, 0.717) is 19.6 Å². The molecule has 18 heavy (non-hydrogen) atoms. The van der Waals surface area contributed by atoms with E-state index in [1.165, 1.54) is 0 Å². The molecule has 0 unspecified atom stereocenters. The van der Waals surface area contributed by atoms with Gasteiger partial charge in [0.25, 0.3) is 0 Å². The summed E-state index contributed by atoms with van der Waals surface area (Å²) in [6, 6.07) is 0. The molecule has 1 spiro atoms. The molecule has 0 saturated carbocycles. The third-order valence-corrected chi connectivity index (χ3v) is 4.56. The number of ether oxygens (including phenoxy) is 2. The van der Waals surface area contributed by atoms with Crippen LogP contribution in [0.1, 0.15) is 32.1 Å². The molecule has 3 atom stereocenters. The Labute approximate surface area is 111 Å². The fourth-order valence-corrected chi connectivity index (χ4v) is 3.32. The number of hydrogen-bond donors (Lipinski definition) is 1. The largest absolute Gasteiger partial charge is 0.415 e. The summed E-state index contributed by atoms with van der Waals surface area (Å²) >= 11 is 0. The Kier molecular flexibility index (Phi) is 4.49. The molecule has 2 saturated heterocycles. The van der Waals surface area contributed by atoms with Gasteiger partial charge in [-0.05, 0) is 38.9 Å². The summed E-state index contributed by atoms with van der Waals surface area (Å²) in [7, 11) is -1.49. The van der Waals surface area contributed by atoms with Crippen LogP contribution in [0.25, 0.3) is 0 Å². The second-order valence-electron chi connectivity index (χ2n) is 6.46. The van der Waals surface area contributed by atoms with E-state index >= 15 is 0 Å². The maximum atomic E-state index is 9.79. The maximum absolute atomic E-state index is 9.79. The van der Waals surface area contributed by atoms with Gasteiger partial charge in [0.15, 0.2) is 14.1 Å². The molecular formula is C13H26O4Si. The lowest BCUT2D eigenvalue weighted by atomic mass is 9.93. The van der Waals surface area contributed by atoms with Gasteiger partial charge in [0.05, 0.1) is 25.4 Å². The van der Waals surface area contributed by atoms with Gasteiger partial charge in [0.2, 0.25) is 0 Å². The van der Waals surface area contributed by atoms with E-state index < -0.39 is 14.1 Å². The molecule has 0 aromatic rings. The highest BCUT2D eigenvalue weighted by atomic mass is 28.4. The molecule has 0 amide bonds. The van der Waals surface area contributed by atoms with Crippen LogP contribution in [0.3, 0.4) is 0 Å². The van der Waals surface area contributed by atoms with Gasteiger partial charge in [-0.1, -0.05) is 0 Å². The first-order valence-electron chi connectivity index (χ1n) is 7.02.